The molecule has 0 aromatic heterocycles. The van der Waals surface area contributed by atoms with Crippen LogP contribution in [0.2, 0.25) is 5.02 Å². The molecule has 120 valence electrons. The zero-order valence-corrected chi connectivity index (χ0v) is 13.9. The van der Waals surface area contributed by atoms with Gasteiger partial charge in [-0.25, -0.2) is 0 Å². The van der Waals surface area contributed by atoms with Gasteiger partial charge in [0.15, 0.2) is 0 Å². The highest BCUT2D eigenvalue weighted by Gasteiger charge is 2.28. The second-order valence-corrected chi connectivity index (χ2v) is 6.93. The largest absolute Gasteiger partial charge is 0.340 e. The van der Waals surface area contributed by atoms with Gasteiger partial charge in [0.05, 0.1) is 0 Å². The summed E-state index contributed by atoms with van der Waals surface area (Å²) >= 11 is 6.23. The third kappa shape index (κ3) is 3.82. The molecule has 1 aromatic carbocycles. The second kappa shape index (κ2) is 7.47. The number of halogens is 1. The zero-order valence-electron chi connectivity index (χ0n) is 13.1. The Balaban J connectivity index is 1.50. The van der Waals surface area contributed by atoms with Crippen LogP contribution >= 0.6 is 11.6 Å². The molecule has 3 rings (SSSR count). The van der Waals surface area contributed by atoms with Gasteiger partial charge < -0.3 is 4.90 Å². The van der Waals surface area contributed by atoms with Gasteiger partial charge in [-0.1, -0.05) is 49.1 Å². The standard InChI is InChI=1S/C18H25ClN2O/c19-17-9-5-4-8-16(17)14-20-10-12-21(13-11-20)18(22)15-6-2-1-3-7-15/h4-5,8-9,15H,1-3,6-7,10-14H2. The van der Waals surface area contributed by atoms with Crippen LogP contribution in [0.1, 0.15) is 37.7 Å². The molecular formula is C18H25ClN2O. The summed E-state index contributed by atoms with van der Waals surface area (Å²) in [6.07, 6.45) is 5.94. The molecule has 2 fully saturated rings. The molecule has 22 heavy (non-hydrogen) atoms. The van der Waals surface area contributed by atoms with Crippen LogP contribution < -0.4 is 0 Å². The maximum Gasteiger partial charge on any atom is 0.225 e. The molecule has 0 unspecified atom stereocenters. The minimum absolute atomic E-state index is 0.295. The molecule has 1 amide bonds. The van der Waals surface area contributed by atoms with Crippen molar-refractivity contribution in [3.05, 3.63) is 34.9 Å². The van der Waals surface area contributed by atoms with E-state index in [1.54, 1.807) is 0 Å². The molecule has 0 atom stereocenters. The van der Waals surface area contributed by atoms with E-state index in [1.165, 1.54) is 24.8 Å². The number of hydrogen-bond acceptors (Lipinski definition) is 2. The zero-order chi connectivity index (χ0) is 15.4. The summed E-state index contributed by atoms with van der Waals surface area (Å²) in [6.45, 7) is 4.50. The molecule has 0 bridgehead atoms. The maximum atomic E-state index is 12.6. The number of benzene rings is 1. The molecule has 2 aliphatic rings. The van der Waals surface area contributed by atoms with Crippen LogP contribution in [0.4, 0.5) is 0 Å². The number of hydrogen-bond donors (Lipinski definition) is 0. The number of piperazine rings is 1. The third-order valence-corrected chi connectivity index (χ3v) is 5.36. The summed E-state index contributed by atoms with van der Waals surface area (Å²) in [5, 5.41) is 0.836. The van der Waals surface area contributed by atoms with Crippen molar-refractivity contribution in [2.24, 2.45) is 5.92 Å². The fourth-order valence-corrected chi connectivity index (χ4v) is 3.80. The predicted molar refractivity (Wildman–Crippen MR) is 89.9 cm³/mol. The van der Waals surface area contributed by atoms with Crippen LogP contribution in [-0.2, 0) is 11.3 Å². The quantitative estimate of drug-likeness (QED) is 0.850. The molecule has 0 radical (unpaired) electrons. The van der Waals surface area contributed by atoms with Gasteiger partial charge in [0.2, 0.25) is 5.91 Å². The van der Waals surface area contributed by atoms with Crippen LogP contribution in [-0.4, -0.2) is 41.9 Å². The summed E-state index contributed by atoms with van der Waals surface area (Å²) in [7, 11) is 0. The Kier molecular flexibility index (Phi) is 5.37. The lowest BCUT2D eigenvalue weighted by molar-refractivity contribution is -0.138. The van der Waals surface area contributed by atoms with Crippen LogP contribution in [0.25, 0.3) is 0 Å². The Morgan fingerprint density at radius 3 is 2.41 bits per heavy atom. The minimum atomic E-state index is 0.295. The first-order chi connectivity index (χ1) is 10.7. The molecule has 4 heteroatoms. The van der Waals surface area contributed by atoms with Gasteiger partial charge in [-0.15, -0.1) is 0 Å². The molecular weight excluding hydrogens is 296 g/mol. The normalized spacial score (nSPS) is 21.0. The summed E-state index contributed by atoms with van der Waals surface area (Å²) in [5.41, 5.74) is 1.18. The van der Waals surface area contributed by atoms with Gasteiger partial charge in [0, 0.05) is 43.7 Å². The number of carbonyl (C=O) groups is 1. The molecule has 1 heterocycles. The van der Waals surface area contributed by atoms with Crippen molar-refractivity contribution in [2.45, 2.75) is 38.6 Å². The van der Waals surface area contributed by atoms with E-state index in [9.17, 15) is 4.79 Å². The number of carbonyl (C=O) groups excluding carboxylic acids is 1. The van der Waals surface area contributed by atoms with E-state index < -0.39 is 0 Å². The molecule has 0 spiro atoms. The van der Waals surface area contributed by atoms with Crippen molar-refractivity contribution < 1.29 is 4.79 Å². The Labute approximate surface area is 138 Å². The van der Waals surface area contributed by atoms with Gasteiger partial charge in [0.25, 0.3) is 0 Å². The Morgan fingerprint density at radius 1 is 1.05 bits per heavy atom. The van der Waals surface area contributed by atoms with E-state index in [-0.39, 0.29) is 0 Å². The maximum absolute atomic E-state index is 12.6. The van der Waals surface area contributed by atoms with Gasteiger partial charge in [-0.05, 0) is 24.5 Å². The highest BCUT2D eigenvalue weighted by Crippen LogP contribution is 2.26. The van der Waals surface area contributed by atoms with Crippen molar-refractivity contribution in [3.8, 4) is 0 Å². The van der Waals surface area contributed by atoms with E-state index in [0.29, 0.717) is 11.8 Å². The van der Waals surface area contributed by atoms with Crippen molar-refractivity contribution in [3.63, 3.8) is 0 Å². The predicted octanol–water partition coefficient (Wildman–Crippen LogP) is 3.56. The van der Waals surface area contributed by atoms with E-state index in [1.807, 2.05) is 18.2 Å². The summed E-state index contributed by atoms with van der Waals surface area (Å²) in [6, 6.07) is 8.03. The number of rotatable bonds is 3. The molecule has 1 aliphatic heterocycles. The SMILES string of the molecule is O=C(C1CCCCC1)N1CCN(Cc2ccccc2Cl)CC1. The number of amides is 1. The van der Waals surface area contributed by atoms with Crippen molar-refractivity contribution >= 4 is 17.5 Å². The highest BCUT2D eigenvalue weighted by atomic mass is 35.5. The van der Waals surface area contributed by atoms with Crippen molar-refractivity contribution in [2.75, 3.05) is 26.2 Å². The van der Waals surface area contributed by atoms with E-state index in [2.05, 4.69) is 15.9 Å². The van der Waals surface area contributed by atoms with E-state index in [0.717, 1.165) is 50.6 Å². The van der Waals surface area contributed by atoms with Gasteiger partial charge in [0.1, 0.15) is 0 Å². The van der Waals surface area contributed by atoms with Crippen molar-refractivity contribution in [1.82, 2.24) is 9.80 Å². The minimum Gasteiger partial charge on any atom is -0.340 e. The first-order valence-corrected chi connectivity index (χ1v) is 8.86. The monoisotopic (exact) mass is 320 g/mol. The first kappa shape index (κ1) is 15.8. The summed E-state index contributed by atoms with van der Waals surface area (Å²) in [4.78, 5) is 17.0. The van der Waals surface area contributed by atoms with Crippen molar-refractivity contribution in [1.29, 1.82) is 0 Å². The fraction of sp³-hybridized carbons (Fsp3) is 0.611. The van der Waals surface area contributed by atoms with Crippen LogP contribution in [0, 0.1) is 5.92 Å². The van der Waals surface area contributed by atoms with Crippen LogP contribution in [0.5, 0.6) is 0 Å². The molecule has 1 saturated carbocycles. The smallest absolute Gasteiger partial charge is 0.225 e. The fourth-order valence-electron chi connectivity index (χ4n) is 3.60. The Morgan fingerprint density at radius 2 is 1.73 bits per heavy atom. The van der Waals surface area contributed by atoms with Crippen LogP contribution in [0.3, 0.4) is 0 Å². The van der Waals surface area contributed by atoms with Gasteiger partial charge >= 0.3 is 0 Å². The van der Waals surface area contributed by atoms with E-state index in [4.69, 9.17) is 11.6 Å². The van der Waals surface area contributed by atoms with Gasteiger partial charge in [-0.2, -0.15) is 0 Å². The molecule has 1 aromatic rings. The molecule has 1 aliphatic carbocycles. The van der Waals surface area contributed by atoms with Gasteiger partial charge in [-0.3, -0.25) is 9.69 Å². The van der Waals surface area contributed by atoms with E-state index >= 15 is 0 Å². The molecule has 1 saturated heterocycles. The molecule has 0 N–H and O–H groups in total. The average molecular weight is 321 g/mol. The van der Waals surface area contributed by atoms with Crippen LogP contribution in [0.15, 0.2) is 24.3 Å². The lowest BCUT2D eigenvalue weighted by Crippen LogP contribution is -2.50. The third-order valence-electron chi connectivity index (χ3n) is 4.99. The topological polar surface area (TPSA) is 23.6 Å². The first-order valence-electron chi connectivity index (χ1n) is 8.48. The number of nitrogens with zero attached hydrogens (tertiary/aromatic N) is 2. The highest BCUT2D eigenvalue weighted by molar-refractivity contribution is 6.31. The Hall–Kier alpha value is -1.06. The second-order valence-electron chi connectivity index (χ2n) is 6.53. The Bertz CT molecular complexity index is 506. The average Bonchev–Trinajstić information content (AvgIpc) is 2.58. The summed E-state index contributed by atoms with van der Waals surface area (Å²) < 4.78 is 0. The summed E-state index contributed by atoms with van der Waals surface area (Å²) in [5.74, 6) is 0.695. The lowest BCUT2D eigenvalue weighted by atomic mass is 9.88. The molecule has 3 nitrogen and oxygen atoms in total. The lowest BCUT2D eigenvalue weighted by Gasteiger charge is -2.37.